The number of para-hydroxylation sites is 1. The number of esters is 1. The molecule has 88 valence electrons. The van der Waals surface area contributed by atoms with E-state index in [0.29, 0.717) is 0 Å². The van der Waals surface area contributed by atoms with Crippen LogP contribution < -0.4 is 0 Å². The second-order valence-electron chi connectivity index (χ2n) is 4.41. The van der Waals surface area contributed by atoms with Gasteiger partial charge in [-0.15, -0.1) is 0 Å². The monoisotopic (exact) mass is 230 g/mol. The zero-order chi connectivity index (χ0) is 11.8. The number of ether oxygens (including phenoxy) is 1. The number of benzene rings is 1. The van der Waals surface area contributed by atoms with E-state index in [1.165, 1.54) is 12.5 Å². The van der Waals surface area contributed by atoms with Gasteiger partial charge in [-0.2, -0.15) is 0 Å². The Hall–Kier alpha value is -1.84. The van der Waals surface area contributed by atoms with Crippen LogP contribution in [0.5, 0.6) is 0 Å². The standard InChI is InChI=1S/C13H14N2O2/c1-9(16)17-12-6-7-15-8-10-4-2-3-5-11(10)14-13(12)15/h2-5,12H,6-8H2,1H3. The summed E-state index contributed by atoms with van der Waals surface area (Å²) < 4.78 is 5.28. The van der Waals surface area contributed by atoms with Gasteiger partial charge in [0.05, 0.1) is 5.69 Å². The lowest BCUT2D eigenvalue weighted by Crippen LogP contribution is -2.33. The fraction of sp³-hybridized carbons (Fsp3) is 0.385. The molecule has 1 aromatic carbocycles. The maximum absolute atomic E-state index is 11.0. The van der Waals surface area contributed by atoms with Crippen molar-refractivity contribution in [1.82, 2.24) is 4.90 Å². The third kappa shape index (κ3) is 1.79. The van der Waals surface area contributed by atoms with E-state index in [-0.39, 0.29) is 12.1 Å². The molecule has 0 N–H and O–H groups in total. The predicted octanol–water partition coefficient (Wildman–Crippen LogP) is 1.87. The lowest BCUT2D eigenvalue weighted by molar-refractivity contribution is -0.143. The van der Waals surface area contributed by atoms with Crippen molar-refractivity contribution in [3.05, 3.63) is 29.8 Å². The second kappa shape index (κ2) is 3.87. The fourth-order valence-electron chi connectivity index (χ4n) is 2.42. The maximum atomic E-state index is 11.0. The Bertz CT molecular complexity index is 496. The van der Waals surface area contributed by atoms with Gasteiger partial charge in [0.2, 0.25) is 0 Å². The van der Waals surface area contributed by atoms with Crippen LogP contribution in [0, 0.1) is 0 Å². The van der Waals surface area contributed by atoms with E-state index in [9.17, 15) is 4.79 Å². The fourth-order valence-corrected chi connectivity index (χ4v) is 2.42. The first kappa shape index (κ1) is 10.3. The van der Waals surface area contributed by atoms with Gasteiger partial charge in [-0.3, -0.25) is 4.79 Å². The third-order valence-electron chi connectivity index (χ3n) is 3.17. The van der Waals surface area contributed by atoms with Gasteiger partial charge in [0.25, 0.3) is 0 Å². The number of aliphatic imine (C=N–C) groups is 1. The van der Waals surface area contributed by atoms with Crippen molar-refractivity contribution < 1.29 is 9.53 Å². The topological polar surface area (TPSA) is 41.9 Å². The molecular formula is C13H14N2O2. The number of amidine groups is 1. The van der Waals surface area contributed by atoms with Gasteiger partial charge in [-0.25, -0.2) is 4.99 Å². The molecule has 1 saturated heterocycles. The number of fused-ring (bicyclic) bond motifs is 2. The van der Waals surface area contributed by atoms with Gasteiger partial charge < -0.3 is 9.64 Å². The molecule has 3 rings (SSSR count). The normalized spacial score (nSPS) is 21.6. The SMILES string of the molecule is CC(=O)OC1CCN2Cc3ccccc3N=C12. The summed E-state index contributed by atoms with van der Waals surface area (Å²) in [5.74, 6) is 0.664. The Morgan fingerprint density at radius 2 is 2.29 bits per heavy atom. The molecule has 4 nitrogen and oxygen atoms in total. The number of carbonyl (C=O) groups excluding carboxylic acids is 1. The molecule has 0 spiro atoms. The average molecular weight is 230 g/mol. The summed E-state index contributed by atoms with van der Waals surface area (Å²) in [4.78, 5) is 17.8. The summed E-state index contributed by atoms with van der Waals surface area (Å²) in [5.41, 5.74) is 2.23. The molecule has 0 bridgehead atoms. The van der Waals surface area contributed by atoms with Crippen molar-refractivity contribution >= 4 is 17.5 Å². The minimum atomic E-state index is -0.238. The summed E-state index contributed by atoms with van der Waals surface area (Å²) in [6.45, 7) is 3.22. The lowest BCUT2D eigenvalue weighted by Gasteiger charge is -2.25. The van der Waals surface area contributed by atoms with Crippen LogP contribution in [0.15, 0.2) is 29.3 Å². The molecule has 1 atom stereocenters. The zero-order valence-electron chi connectivity index (χ0n) is 9.72. The van der Waals surface area contributed by atoms with Gasteiger partial charge in [0.15, 0.2) is 6.10 Å². The minimum Gasteiger partial charge on any atom is -0.454 e. The molecule has 4 heteroatoms. The molecule has 0 saturated carbocycles. The van der Waals surface area contributed by atoms with Crippen molar-refractivity contribution in [2.75, 3.05) is 6.54 Å². The van der Waals surface area contributed by atoms with Crippen molar-refractivity contribution in [3.8, 4) is 0 Å². The Morgan fingerprint density at radius 1 is 1.47 bits per heavy atom. The van der Waals surface area contributed by atoms with Crippen LogP contribution in [0.25, 0.3) is 0 Å². The summed E-state index contributed by atoms with van der Waals surface area (Å²) in [6.07, 6.45) is 0.674. The first-order valence-corrected chi connectivity index (χ1v) is 5.83. The Kier molecular flexibility index (Phi) is 2.35. The van der Waals surface area contributed by atoms with Crippen molar-refractivity contribution in [2.24, 2.45) is 4.99 Å². The van der Waals surface area contributed by atoms with E-state index >= 15 is 0 Å². The van der Waals surface area contributed by atoms with E-state index < -0.39 is 0 Å². The summed E-state index contributed by atoms with van der Waals surface area (Å²) in [7, 11) is 0. The highest BCUT2D eigenvalue weighted by molar-refractivity contribution is 5.93. The molecule has 2 aliphatic heterocycles. The molecule has 0 aliphatic carbocycles. The van der Waals surface area contributed by atoms with Crippen molar-refractivity contribution in [3.63, 3.8) is 0 Å². The Morgan fingerprint density at radius 3 is 3.12 bits per heavy atom. The highest BCUT2D eigenvalue weighted by atomic mass is 16.5. The molecule has 1 fully saturated rings. The largest absolute Gasteiger partial charge is 0.454 e. The number of nitrogens with zero attached hydrogens (tertiary/aromatic N) is 2. The van der Waals surface area contributed by atoms with Crippen molar-refractivity contribution in [1.29, 1.82) is 0 Å². The number of rotatable bonds is 1. The maximum Gasteiger partial charge on any atom is 0.303 e. The molecule has 2 aliphatic rings. The first-order chi connectivity index (χ1) is 8.24. The smallest absolute Gasteiger partial charge is 0.303 e. The second-order valence-corrected chi connectivity index (χ2v) is 4.41. The molecule has 0 aromatic heterocycles. The first-order valence-electron chi connectivity index (χ1n) is 5.83. The van der Waals surface area contributed by atoms with E-state index in [4.69, 9.17) is 4.74 Å². The van der Waals surface area contributed by atoms with Crippen LogP contribution in [0.3, 0.4) is 0 Å². The highest BCUT2D eigenvalue weighted by Crippen LogP contribution is 2.30. The van der Waals surface area contributed by atoms with Gasteiger partial charge in [-0.1, -0.05) is 18.2 Å². The molecule has 0 radical (unpaired) electrons. The van der Waals surface area contributed by atoms with E-state index in [2.05, 4.69) is 16.0 Å². The van der Waals surface area contributed by atoms with Gasteiger partial charge in [-0.05, 0) is 11.6 Å². The van der Waals surface area contributed by atoms with Gasteiger partial charge in [0.1, 0.15) is 5.84 Å². The van der Waals surface area contributed by atoms with Crippen LogP contribution in [0.1, 0.15) is 18.9 Å². The van der Waals surface area contributed by atoms with E-state index in [0.717, 1.165) is 31.0 Å². The third-order valence-corrected chi connectivity index (χ3v) is 3.17. The minimum absolute atomic E-state index is 0.166. The summed E-state index contributed by atoms with van der Waals surface area (Å²) in [5, 5.41) is 0. The number of hydrogen-bond acceptors (Lipinski definition) is 4. The van der Waals surface area contributed by atoms with Crippen LogP contribution >= 0.6 is 0 Å². The number of carbonyl (C=O) groups is 1. The molecule has 0 amide bonds. The zero-order valence-corrected chi connectivity index (χ0v) is 9.72. The van der Waals surface area contributed by atoms with Crippen LogP contribution in [0.4, 0.5) is 5.69 Å². The molecule has 17 heavy (non-hydrogen) atoms. The molecule has 1 unspecified atom stereocenters. The van der Waals surface area contributed by atoms with Crippen LogP contribution in [-0.2, 0) is 16.1 Å². The molecule has 1 aromatic rings. The van der Waals surface area contributed by atoms with E-state index in [1.54, 1.807) is 0 Å². The van der Waals surface area contributed by atoms with Gasteiger partial charge >= 0.3 is 5.97 Å². The molecule has 2 heterocycles. The van der Waals surface area contributed by atoms with Gasteiger partial charge in [0, 0.05) is 26.4 Å². The van der Waals surface area contributed by atoms with Crippen LogP contribution in [0.2, 0.25) is 0 Å². The lowest BCUT2D eigenvalue weighted by atomic mass is 10.1. The van der Waals surface area contributed by atoms with E-state index in [1.807, 2.05) is 18.2 Å². The highest BCUT2D eigenvalue weighted by Gasteiger charge is 2.34. The van der Waals surface area contributed by atoms with Crippen molar-refractivity contribution in [2.45, 2.75) is 26.0 Å². The quantitative estimate of drug-likeness (QED) is 0.692. The molecular weight excluding hydrogens is 216 g/mol. The average Bonchev–Trinajstić information content (AvgIpc) is 2.68. The Balaban J connectivity index is 1.93. The summed E-state index contributed by atoms with van der Waals surface area (Å²) in [6, 6.07) is 8.10. The van der Waals surface area contributed by atoms with Crippen LogP contribution in [-0.4, -0.2) is 29.4 Å². The summed E-state index contributed by atoms with van der Waals surface area (Å²) >= 11 is 0. The predicted molar refractivity (Wildman–Crippen MR) is 64.1 cm³/mol. The Labute approximate surface area is 99.9 Å². The number of hydrogen-bond donors (Lipinski definition) is 0.